The maximum Gasteiger partial charge on any atom is 0.262 e. The van der Waals surface area contributed by atoms with Gasteiger partial charge in [0.05, 0.1) is 6.10 Å². The van der Waals surface area contributed by atoms with E-state index < -0.39 is 0 Å². The summed E-state index contributed by atoms with van der Waals surface area (Å²) in [6.45, 7) is 5.53. The topological polar surface area (TPSA) is 56.8 Å². The summed E-state index contributed by atoms with van der Waals surface area (Å²) >= 11 is 3.47. The third-order valence-corrected chi connectivity index (χ3v) is 5.04. The van der Waals surface area contributed by atoms with Crippen molar-refractivity contribution < 1.29 is 19.0 Å². The number of ether oxygens (including phenoxy) is 3. The number of carbonyl (C=O) groups excluding carboxylic acids is 1. The van der Waals surface area contributed by atoms with Crippen LogP contribution in [-0.2, 0) is 9.53 Å². The molecule has 1 unspecified atom stereocenters. The fourth-order valence-corrected chi connectivity index (χ4v) is 3.42. The van der Waals surface area contributed by atoms with Crippen molar-refractivity contribution in [2.75, 3.05) is 25.1 Å². The Morgan fingerprint density at radius 1 is 1.21 bits per heavy atom. The number of carbonyl (C=O) groups is 1. The van der Waals surface area contributed by atoms with E-state index in [0.29, 0.717) is 18.2 Å². The van der Waals surface area contributed by atoms with Crippen molar-refractivity contribution >= 4 is 27.5 Å². The average molecular weight is 448 g/mol. The van der Waals surface area contributed by atoms with Crippen molar-refractivity contribution in [1.82, 2.24) is 0 Å². The molecular weight excluding hydrogens is 422 g/mol. The van der Waals surface area contributed by atoms with Gasteiger partial charge in [-0.25, -0.2) is 0 Å². The van der Waals surface area contributed by atoms with Crippen LogP contribution in [0.4, 0.5) is 5.69 Å². The van der Waals surface area contributed by atoms with E-state index in [0.717, 1.165) is 41.0 Å². The minimum atomic E-state index is -0.203. The number of hydrogen-bond donors (Lipinski definition) is 1. The number of anilines is 1. The highest BCUT2D eigenvalue weighted by atomic mass is 79.9. The molecule has 2 aromatic rings. The van der Waals surface area contributed by atoms with Gasteiger partial charge in [0, 0.05) is 16.8 Å². The van der Waals surface area contributed by atoms with Crippen LogP contribution in [0.25, 0.3) is 0 Å². The normalized spacial score (nSPS) is 16.2. The SMILES string of the molecule is CC(C)c1cc(Br)ccc1OCC(=O)Nc1ccc(OCC2CCCO2)cc1. The van der Waals surface area contributed by atoms with Crippen LogP contribution in [0.1, 0.15) is 38.2 Å². The molecule has 0 radical (unpaired) electrons. The lowest BCUT2D eigenvalue weighted by Gasteiger charge is -2.15. The average Bonchev–Trinajstić information content (AvgIpc) is 3.20. The Morgan fingerprint density at radius 2 is 2.00 bits per heavy atom. The molecule has 0 saturated carbocycles. The van der Waals surface area contributed by atoms with E-state index in [9.17, 15) is 4.79 Å². The number of hydrogen-bond acceptors (Lipinski definition) is 4. The maximum atomic E-state index is 12.2. The van der Waals surface area contributed by atoms with E-state index in [1.165, 1.54) is 0 Å². The predicted molar refractivity (Wildman–Crippen MR) is 113 cm³/mol. The van der Waals surface area contributed by atoms with E-state index in [1.807, 2.05) is 42.5 Å². The Labute approximate surface area is 174 Å². The Morgan fingerprint density at radius 3 is 2.68 bits per heavy atom. The second-order valence-electron chi connectivity index (χ2n) is 7.14. The van der Waals surface area contributed by atoms with Crippen molar-refractivity contribution in [2.24, 2.45) is 0 Å². The van der Waals surface area contributed by atoms with Gasteiger partial charge in [-0.3, -0.25) is 4.79 Å². The summed E-state index contributed by atoms with van der Waals surface area (Å²) in [5.74, 6) is 1.59. The predicted octanol–water partition coefficient (Wildman–Crippen LogP) is 5.15. The molecule has 0 aromatic heterocycles. The largest absolute Gasteiger partial charge is 0.491 e. The molecule has 2 aromatic carbocycles. The van der Waals surface area contributed by atoms with Gasteiger partial charge in [-0.15, -0.1) is 0 Å². The Kier molecular flexibility index (Phi) is 7.34. The van der Waals surface area contributed by atoms with Gasteiger partial charge in [0.25, 0.3) is 5.91 Å². The number of rotatable bonds is 8. The third-order valence-electron chi connectivity index (χ3n) is 4.55. The zero-order valence-electron chi connectivity index (χ0n) is 16.2. The quantitative estimate of drug-likeness (QED) is 0.607. The highest BCUT2D eigenvalue weighted by molar-refractivity contribution is 9.10. The van der Waals surface area contributed by atoms with Crippen LogP contribution in [0.5, 0.6) is 11.5 Å². The summed E-state index contributed by atoms with van der Waals surface area (Å²) in [7, 11) is 0. The van der Waals surface area contributed by atoms with E-state index in [-0.39, 0.29) is 18.6 Å². The first-order valence-corrected chi connectivity index (χ1v) is 10.4. The lowest BCUT2D eigenvalue weighted by molar-refractivity contribution is -0.118. The van der Waals surface area contributed by atoms with Crippen molar-refractivity contribution in [2.45, 2.75) is 38.7 Å². The van der Waals surface area contributed by atoms with Gasteiger partial charge in [0.15, 0.2) is 6.61 Å². The van der Waals surface area contributed by atoms with Gasteiger partial charge in [-0.1, -0.05) is 29.8 Å². The van der Waals surface area contributed by atoms with Crippen molar-refractivity contribution in [3.63, 3.8) is 0 Å². The Hall–Kier alpha value is -2.05. The molecule has 28 heavy (non-hydrogen) atoms. The fourth-order valence-electron chi connectivity index (χ4n) is 3.04. The molecule has 1 N–H and O–H groups in total. The molecule has 0 aliphatic carbocycles. The minimum Gasteiger partial charge on any atom is -0.491 e. The molecule has 1 aliphatic heterocycles. The third kappa shape index (κ3) is 5.97. The van der Waals surface area contributed by atoms with Gasteiger partial charge in [0.2, 0.25) is 0 Å². The summed E-state index contributed by atoms with van der Waals surface area (Å²) in [5.41, 5.74) is 1.77. The molecule has 150 valence electrons. The smallest absolute Gasteiger partial charge is 0.262 e. The van der Waals surface area contributed by atoms with Crippen LogP contribution in [0.3, 0.4) is 0 Å². The van der Waals surface area contributed by atoms with Crippen LogP contribution >= 0.6 is 15.9 Å². The standard InChI is InChI=1S/C22H26BrNO4/c1-15(2)20-12-16(23)5-10-21(20)28-14-22(25)24-17-6-8-18(9-7-17)27-13-19-4-3-11-26-19/h5-10,12,15,19H,3-4,11,13-14H2,1-2H3,(H,24,25). The molecule has 1 amide bonds. The zero-order valence-corrected chi connectivity index (χ0v) is 17.8. The number of benzene rings is 2. The zero-order chi connectivity index (χ0) is 19.9. The molecule has 1 fully saturated rings. The van der Waals surface area contributed by atoms with E-state index in [4.69, 9.17) is 14.2 Å². The first-order valence-electron chi connectivity index (χ1n) is 9.58. The van der Waals surface area contributed by atoms with E-state index >= 15 is 0 Å². The van der Waals surface area contributed by atoms with Crippen LogP contribution < -0.4 is 14.8 Å². The molecule has 1 saturated heterocycles. The Balaban J connectivity index is 1.48. The molecule has 1 heterocycles. The van der Waals surface area contributed by atoms with Crippen molar-refractivity contribution in [3.05, 3.63) is 52.5 Å². The van der Waals surface area contributed by atoms with Crippen LogP contribution in [-0.4, -0.2) is 31.8 Å². The highest BCUT2D eigenvalue weighted by Gasteiger charge is 2.16. The van der Waals surface area contributed by atoms with E-state index in [2.05, 4.69) is 35.1 Å². The van der Waals surface area contributed by atoms with Crippen molar-refractivity contribution in [1.29, 1.82) is 0 Å². The van der Waals surface area contributed by atoms with Gasteiger partial charge in [0.1, 0.15) is 18.1 Å². The lowest BCUT2D eigenvalue weighted by Crippen LogP contribution is -2.20. The number of nitrogens with one attached hydrogen (secondary N) is 1. The first-order chi connectivity index (χ1) is 13.5. The van der Waals surface area contributed by atoms with Gasteiger partial charge < -0.3 is 19.5 Å². The van der Waals surface area contributed by atoms with Gasteiger partial charge >= 0.3 is 0 Å². The maximum absolute atomic E-state index is 12.2. The van der Waals surface area contributed by atoms with Gasteiger partial charge in [-0.2, -0.15) is 0 Å². The van der Waals surface area contributed by atoms with Crippen molar-refractivity contribution in [3.8, 4) is 11.5 Å². The van der Waals surface area contributed by atoms with E-state index in [1.54, 1.807) is 0 Å². The van der Waals surface area contributed by atoms with Crippen LogP contribution in [0.2, 0.25) is 0 Å². The fraction of sp³-hybridized carbons (Fsp3) is 0.409. The van der Waals surface area contributed by atoms with Gasteiger partial charge in [-0.05, 0) is 66.8 Å². The summed E-state index contributed by atoms with van der Waals surface area (Å²) in [4.78, 5) is 12.2. The molecule has 3 rings (SSSR count). The minimum absolute atomic E-state index is 0.0430. The Bertz CT molecular complexity index is 786. The number of amides is 1. The summed E-state index contributed by atoms with van der Waals surface area (Å²) in [6.07, 6.45) is 2.33. The van der Waals surface area contributed by atoms with Crippen LogP contribution in [0.15, 0.2) is 46.9 Å². The molecule has 6 heteroatoms. The second-order valence-corrected chi connectivity index (χ2v) is 8.06. The molecule has 1 atom stereocenters. The monoisotopic (exact) mass is 447 g/mol. The summed E-state index contributed by atoms with van der Waals surface area (Å²) in [6, 6.07) is 13.1. The lowest BCUT2D eigenvalue weighted by atomic mass is 10.0. The molecular formula is C22H26BrNO4. The highest BCUT2D eigenvalue weighted by Crippen LogP contribution is 2.29. The summed E-state index contributed by atoms with van der Waals surface area (Å²) < 4.78 is 18.0. The first kappa shape index (κ1) is 20.7. The molecule has 0 bridgehead atoms. The molecule has 0 spiro atoms. The summed E-state index contributed by atoms with van der Waals surface area (Å²) in [5, 5.41) is 2.84. The number of halogens is 1. The molecule has 5 nitrogen and oxygen atoms in total. The molecule has 1 aliphatic rings. The second kappa shape index (κ2) is 9.94. The van der Waals surface area contributed by atoms with Crippen LogP contribution in [0, 0.1) is 0 Å².